The van der Waals surface area contributed by atoms with Crippen molar-refractivity contribution in [3.63, 3.8) is 0 Å². The second-order valence-corrected chi connectivity index (χ2v) is 10.2. The third-order valence-electron chi connectivity index (χ3n) is 6.15. The minimum Gasteiger partial charge on any atom is -0.453 e. The number of nitrogens with one attached hydrogen (secondary N) is 2. The van der Waals surface area contributed by atoms with Gasteiger partial charge in [-0.15, -0.1) is 0 Å². The van der Waals surface area contributed by atoms with Crippen molar-refractivity contribution >= 4 is 56.2 Å². The molecular weight excluding hydrogens is 532 g/mol. The number of carbonyl (C=O) groups is 2. The number of carbonyl (C=O) groups excluding carboxylic acids is 2. The van der Waals surface area contributed by atoms with Crippen LogP contribution in [0.15, 0.2) is 33.9 Å². The van der Waals surface area contributed by atoms with Crippen LogP contribution in [0.3, 0.4) is 0 Å². The first-order valence-corrected chi connectivity index (χ1v) is 12.7. The summed E-state index contributed by atoms with van der Waals surface area (Å²) in [6.07, 6.45) is 5.63. The number of rotatable bonds is 4. The average molecular weight is 555 g/mol. The van der Waals surface area contributed by atoms with Crippen LogP contribution in [-0.4, -0.2) is 47.1 Å². The number of amides is 2. The van der Waals surface area contributed by atoms with Gasteiger partial charge in [0.05, 0.1) is 34.8 Å². The number of fused-ring (bicyclic) bond motifs is 3. The van der Waals surface area contributed by atoms with Crippen molar-refractivity contribution in [1.29, 1.82) is 0 Å². The molecule has 2 amide bonds. The Morgan fingerprint density at radius 2 is 2.11 bits per heavy atom. The summed E-state index contributed by atoms with van der Waals surface area (Å²) in [5.41, 5.74) is 6.34. The monoisotopic (exact) mass is 554 g/mol. The standard InChI is InChI=1S/C24H23BrN6O3S/c1-12-8-9-27-11-15(12)19-14-5-6-17-21(35-23(28-17)29-24(33)34-3)20(14)31(30-19)18-7-4-13(10-16(18)25)22(32)26-2/h4,7,9-12H,5-6,8H2,1-3H3,(H,26,32)(H,28,29,33). The third kappa shape index (κ3) is 4.19. The predicted molar refractivity (Wildman–Crippen MR) is 139 cm³/mol. The van der Waals surface area contributed by atoms with Crippen molar-refractivity contribution < 1.29 is 14.3 Å². The number of anilines is 1. The number of hydrogen-bond acceptors (Lipinski definition) is 7. The van der Waals surface area contributed by atoms with E-state index in [1.807, 2.05) is 23.2 Å². The molecule has 9 nitrogen and oxygen atoms in total. The molecule has 35 heavy (non-hydrogen) atoms. The van der Waals surface area contributed by atoms with Crippen molar-refractivity contribution in [2.75, 3.05) is 19.5 Å². The fourth-order valence-corrected chi connectivity index (χ4v) is 5.94. The number of benzene rings is 1. The molecule has 5 rings (SSSR count). The van der Waals surface area contributed by atoms with Crippen molar-refractivity contribution in [2.24, 2.45) is 10.9 Å². The second kappa shape index (κ2) is 9.38. The van der Waals surface area contributed by atoms with E-state index in [2.05, 4.69) is 43.5 Å². The van der Waals surface area contributed by atoms with Gasteiger partial charge in [-0.05, 0) is 59.3 Å². The molecule has 1 atom stereocenters. The zero-order chi connectivity index (χ0) is 24.7. The highest BCUT2D eigenvalue weighted by Crippen LogP contribution is 2.45. The van der Waals surface area contributed by atoms with Crippen LogP contribution >= 0.6 is 27.3 Å². The molecule has 3 aromatic rings. The number of allylic oxidation sites excluding steroid dienone is 1. The first kappa shape index (κ1) is 23.4. The summed E-state index contributed by atoms with van der Waals surface area (Å²) in [7, 11) is 2.93. The van der Waals surface area contributed by atoms with Gasteiger partial charge in [0.15, 0.2) is 5.13 Å². The SMILES string of the molecule is CNC(=O)c1ccc(-n2nc(C3=CN=CCC3C)c3c2-c2sc(NC(=O)OC)nc2CC3)c(Br)c1. The number of nitrogens with zero attached hydrogens (tertiary/aromatic N) is 4. The Hall–Kier alpha value is -3.31. The lowest BCUT2D eigenvalue weighted by Gasteiger charge is -2.17. The number of aromatic nitrogens is 3. The lowest BCUT2D eigenvalue weighted by molar-refractivity contribution is 0.0963. The van der Waals surface area contributed by atoms with E-state index in [-0.39, 0.29) is 5.91 Å². The van der Waals surface area contributed by atoms with Crippen molar-refractivity contribution in [3.8, 4) is 16.3 Å². The molecule has 3 heterocycles. The second-order valence-electron chi connectivity index (χ2n) is 8.30. The Morgan fingerprint density at radius 1 is 1.29 bits per heavy atom. The molecule has 0 saturated carbocycles. The fraction of sp³-hybridized carbons (Fsp3) is 0.292. The maximum Gasteiger partial charge on any atom is 0.413 e. The molecule has 0 fully saturated rings. The Kier molecular flexibility index (Phi) is 6.28. The normalized spacial score (nSPS) is 16.2. The van der Waals surface area contributed by atoms with Gasteiger partial charge in [-0.1, -0.05) is 18.3 Å². The lowest BCUT2D eigenvalue weighted by atomic mass is 9.89. The van der Waals surface area contributed by atoms with E-state index in [1.54, 1.807) is 19.2 Å². The van der Waals surface area contributed by atoms with Crippen LogP contribution in [0.5, 0.6) is 0 Å². The number of ether oxygens (including phenoxy) is 1. The minimum atomic E-state index is -0.558. The van der Waals surface area contributed by atoms with E-state index in [9.17, 15) is 9.59 Å². The van der Waals surface area contributed by atoms with E-state index in [1.165, 1.54) is 18.4 Å². The van der Waals surface area contributed by atoms with Crippen LogP contribution < -0.4 is 10.6 Å². The van der Waals surface area contributed by atoms with Gasteiger partial charge in [0.2, 0.25) is 0 Å². The molecule has 1 unspecified atom stereocenters. The quantitative estimate of drug-likeness (QED) is 0.479. The summed E-state index contributed by atoms with van der Waals surface area (Å²) in [5, 5.41) is 10.9. The van der Waals surface area contributed by atoms with Crippen molar-refractivity contribution in [1.82, 2.24) is 20.1 Å². The zero-order valence-electron chi connectivity index (χ0n) is 19.4. The van der Waals surface area contributed by atoms with Crippen molar-refractivity contribution in [2.45, 2.75) is 26.2 Å². The van der Waals surface area contributed by atoms with Crippen LogP contribution in [0.2, 0.25) is 0 Å². The Balaban J connectivity index is 1.70. The molecule has 0 radical (unpaired) electrons. The van der Waals surface area contributed by atoms with Gasteiger partial charge in [-0.3, -0.25) is 15.1 Å². The molecular formula is C24H23BrN6O3S. The molecule has 1 aliphatic heterocycles. The molecule has 2 N–H and O–H groups in total. The molecule has 0 bridgehead atoms. The molecule has 0 saturated heterocycles. The predicted octanol–water partition coefficient (Wildman–Crippen LogP) is 4.85. The number of thiazole rings is 1. The summed E-state index contributed by atoms with van der Waals surface area (Å²) in [4.78, 5) is 33.9. The van der Waals surface area contributed by atoms with Gasteiger partial charge >= 0.3 is 6.09 Å². The number of aliphatic imine (C=N–C) groups is 1. The van der Waals surface area contributed by atoms with Gasteiger partial charge in [0.1, 0.15) is 0 Å². The lowest BCUT2D eigenvalue weighted by Crippen LogP contribution is -2.17. The van der Waals surface area contributed by atoms with Crippen molar-refractivity contribution in [3.05, 3.63) is 51.4 Å². The third-order valence-corrected chi connectivity index (χ3v) is 7.80. The zero-order valence-corrected chi connectivity index (χ0v) is 21.8. The van der Waals surface area contributed by atoms with Gasteiger partial charge < -0.3 is 10.1 Å². The molecule has 180 valence electrons. The van der Waals surface area contributed by atoms with Crippen LogP contribution in [0.4, 0.5) is 9.93 Å². The van der Waals surface area contributed by atoms with E-state index >= 15 is 0 Å². The summed E-state index contributed by atoms with van der Waals surface area (Å²) in [6.45, 7) is 2.18. The van der Waals surface area contributed by atoms with E-state index in [0.29, 0.717) is 16.6 Å². The van der Waals surface area contributed by atoms with Gasteiger partial charge in [0.25, 0.3) is 5.91 Å². The number of methoxy groups -OCH3 is 1. The maximum absolute atomic E-state index is 12.1. The largest absolute Gasteiger partial charge is 0.453 e. The van der Waals surface area contributed by atoms with Crippen LogP contribution in [0.25, 0.3) is 21.8 Å². The molecule has 2 aliphatic rings. The average Bonchev–Trinajstić information content (AvgIpc) is 3.44. The Bertz CT molecular complexity index is 1410. The van der Waals surface area contributed by atoms with Crippen LogP contribution in [0.1, 0.15) is 40.7 Å². The highest BCUT2D eigenvalue weighted by atomic mass is 79.9. The summed E-state index contributed by atoms with van der Waals surface area (Å²) < 4.78 is 7.39. The molecule has 2 aromatic heterocycles. The first-order valence-electron chi connectivity index (χ1n) is 11.1. The highest BCUT2D eigenvalue weighted by molar-refractivity contribution is 9.10. The van der Waals surface area contributed by atoms with Crippen LogP contribution in [-0.2, 0) is 17.6 Å². The molecule has 1 aromatic carbocycles. The molecule has 0 spiro atoms. The van der Waals surface area contributed by atoms with Gasteiger partial charge in [-0.25, -0.2) is 14.5 Å². The summed E-state index contributed by atoms with van der Waals surface area (Å²) in [6, 6.07) is 5.45. The highest BCUT2D eigenvalue weighted by Gasteiger charge is 2.32. The Labute approximate surface area is 214 Å². The maximum atomic E-state index is 12.1. The topological polar surface area (TPSA) is 110 Å². The van der Waals surface area contributed by atoms with Crippen LogP contribution in [0, 0.1) is 5.92 Å². The van der Waals surface area contributed by atoms with E-state index in [0.717, 1.165) is 62.5 Å². The van der Waals surface area contributed by atoms with E-state index in [4.69, 9.17) is 9.84 Å². The summed E-state index contributed by atoms with van der Waals surface area (Å²) in [5.74, 6) is 0.126. The molecule has 1 aliphatic carbocycles. The molecule has 11 heteroatoms. The Morgan fingerprint density at radius 3 is 2.83 bits per heavy atom. The number of hydrogen-bond donors (Lipinski definition) is 2. The first-order chi connectivity index (χ1) is 16.9. The number of aryl methyl sites for hydroxylation is 1. The fourth-order valence-electron chi connectivity index (χ4n) is 4.33. The van der Waals surface area contributed by atoms with Gasteiger partial charge in [-0.2, -0.15) is 5.10 Å². The number of halogens is 1. The van der Waals surface area contributed by atoms with E-state index < -0.39 is 6.09 Å². The van der Waals surface area contributed by atoms with Gasteiger partial charge in [0, 0.05) is 40.6 Å². The minimum absolute atomic E-state index is 0.164. The summed E-state index contributed by atoms with van der Waals surface area (Å²) >= 11 is 5.05. The smallest absolute Gasteiger partial charge is 0.413 e.